The molecule has 5 heteroatoms. The molecule has 1 aromatic heterocycles. The molecule has 1 amide bonds. The van der Waals surface area contributed by atoms with E-state index in [1.165, 1.54) is 24.2 Å². The zero-order chi connectivity index (χ0) is 16.3. The van der Waals surface area contributed by atoms with Gasteiger partial charge in [0, 0.05) is 17.0 Å². The SMILES string of the molecule is CC(C)(C)OC(=O)NCc1nc2c([nH]1)C1CCC2(C)C1(C)C. The van der Waals surface area contributed by atoms with E-state index in [1.54, 1.807) is 0 Å². The molecule has 0 radical (unpaired) electrons. The van der Waals surface area contributed by atoms with Crippen LogP contribution in [0.25, 0.3) is 0 Å². The van der Waals surface area contributed by atoms with E-state index in [0.717, 1.165) is 5.82 Å². The van der Waals surface area contributed by atoms with E-state index in [2.05, 4.69) is 31.1 Å². The van der Waals surface area contributed by atoms with Gasteiger partial charge in [-0.25, -0.2) is 9.78 Å². The number of nitrogens with one attached hydrogen (secondary N) is 2. The van der Waals surface area contributed by atoms with Gasteiger partial charge in [0.1, 0.15) is 11.4 Å². The Morgan fingerprint density at radius 3 is 2.68 bits per heavy atom. The summed E-state index contributed by atoms with van der Waals surface area (Å²) in [6.07, 6.45) is 2.01. The summed E-state index contributed by atoms with van der Waals surface area (Å²) in [6, 6.07) is 0. The maximum atomic E-state index is 11.7. The molecule has 1 heterocycles. The Balaban J connectivity index is 1.71. The number of carbonyl (C=O) groups is 1. The Kier molecular flexibility index (Phi) is 3.14. The van der Waals surface area contributed by atoms with E-state index < -0.39 is 11.7 Å². The first-order valence-electron chi connectivity index (χ1n) is 8.11. The van der Waals surface area contributed by atoms with E-state index in [4.69, 9.17) is 9.72 Å². The van der Waals surface area contributed by atoms with Crippen molar-refractivity contribution in [1.29, 1.82) is 0 Å². The minimum Gasteiger partial charge on any atom is -0.444 e. The van der Waals surface area contributed by atoms with Crippen molar-refractivity contribution in [2.45, 2.75) is 77.9 Å². The molecule has 1 fully saturated rings. The molecule has 22 heavy (non-hydrogen) atoms. The van der Waals surface area contributed by atoms with Crippen LogP contribution < -0.4 is 5.32 Å². The second kappa shape index (κ2) is 4.49. The van der Waals surface area contributed by atoms with Crippen LogP contribution in [0.5, 0.6) is 0 Å². The third-order valence-electron chi connectivity index (χ3n) is 5.68. The number of hydrogen-bond donors (Lipinski definition) is 2. The van der Waals surface area contributed by atoms with Gasteiger partial charge in [0.15, 0.2) is 0 Å². The van der Waals surface area contributed by atoms with Crippen molar-refractivity contribution in [3.05, 3.63) is 17.2 Å². The maximum Gasteiger partial charge on any atom is 0.408 e. The summed E-state index contributed by atoms with van der Waals surface area (Å²) < 4.78 is 5.25. The molecular formula is C17H27N3O2. The minimum atomic E-state index is -0.481. The van der Waals surface area contributed by atoms with Crippen LogP contribution in [0.3, 0.4) is 0 Å². The summed E-state index contributed by atoms with van der Waals surface area (Å²) in [5.74, 6) is 1.37. The maximum absolute atomic E-state index is 11.7. The molecule has 2 atom stereocenters. The predicted molar refractivity (Wildman–Crippen MR) is 84.8 cm³/mol. The number of aromatic amines is 1. The van der Waals surface area contributed by atoms with E-state index in [1.807, 2.05) is 20.8 Å². The van der Waals surface area contributed by atoms with Gasteiger partial charge in [-0.2, -0.15) is 0 Å². The summed E-state index contributed by atoms with van der Waals surface area (Å²) in [5, 5.41) is 2.77. The molecule has 2 unspecified atom stereocenters. The number of amides is 1. The molecule has 122 valence electrons. The fourth-order valence-electron chi connectivity index (χ4n) is 4.09. The third kappa shape index (κ3) is 2.13. The number of ether oxygens (including phenoxy) is 1. The number of rotatable bonds is 2. The number of imidazole rings is 1. The fourth-order valence-corrected chi connectivity index (χ4v) is 4.09. The Bertz CT molecular complexity index is 612. The number of alkyl carbamates (subject to hydrolysis) is 1. The lowest BCUT2D eigenvalue weighted by atomic mass is 9.70. The van der Waals surface area contributed by atoms with Crippen LogP contribution >= 0.6 is 0 Å². The van der Waals surface area contributed by atoms with Gasteiger partial charge in [0.25, 0.3) is 0 Å². The van der Waals surface area contributed by atoms with Gasteiger partial charge >= 0.3 is 6.09 Å². The lowest BCUT2D eigenvalue weighted by Gasteiger charge is -2.34. The van der Waals surface area contributed by atoms with Crippen LogP contribution in [0.1, 0.15) is 77.5 Å². The summed E-state index contributed by atoms with van der Waals surface area (Å²) in [6.45, 7) is 13.0. The summed E-state index contributed by atoms with van der Waals surface area (Å²) in [5.41, 5.74) is 2.41. The number of H-pyrrole nitrogens is 1. The second-order valence-electron chi connectivity index (χ2n) is 8.45. The predicted octanol–water partition coefficient (Wildman–Crippen LogP) is 3.61. The first-order chi connectivity index (χ1) is 10.0. The number of aromatic nitrogens is 2. The molecule has 1 saturated carbocycles. The zero-order valence-corrected chi connectivity index (χ0v) is 14.5. The average molecular weight is 305 g/mol. The van der Waals surface area contributed by atoms with Crippen LogP contribution in [-0.2, 0) is 16.7 Å². The normalized spacial score (nSPS) is 28.5. The Morgan fingerprint density at radius 1 is 1.41 bits per heavy atom. The van der Waals surface area contributed by atoms with Crippen molar-refractivity contribution in [3.63, 3.8) is 0 Å². The van der Waals surface area contributed by atoms with Crippen molar-refractivity contribution < 1.29 is 9.53 Å². The van der Waals surface area contributed by atoms with E-state index >= 15 is 0 Å². The van der Waals surface area contributed by atoms with Gasteiger partial charge in [0.05, 0.1) is 12.2 Å². The van der Waals surface area contributed by atoms with Crippen LogP contribution in [0.15, 0.2) is 0 Å². The highest BCUT2D eigenvalue weighted by Crippen LogP contribution is 2.66. The minimum absolute atomic E-state index is 0.146. The summed E-state index contributed by atoms with van der Waals surface area (Å²) in [7, 11) is 0. The summed E-state index contributed by atoms with van der Waals surface area (Å²) >= 11 is 0. The van der Waals surface area contributed by atoms with Gasteiger partial charge in [-0.05, 0) is 39.0 Å². The number of fused-ring (bicyclic) bond motifs is 5. The molecule has 0 aromatic carbocycles. The standard InChI is InChI=1S/C17H27N3O2/c1-15(2,3)22-14(21)18-9-11-19-12-10-7-8-17(6,13(12)20-11)16(10,4)5/h10H,7-9H2,1-6H3,(H,18,21)(H,19,20). The van der Waals surface area contributed by atoms with Gasteiger partial charge < -0.3 is 15.0 Å². The topological polar surface area (TPSA) is 67.0 Å². The van der Waals surface area contributed by atoms with Crippen molar-refractivity contribution in [1.82, 2.24) is 15.3 Å². The molecule has 5 nitrogen and oxygen atoms in total. The molecule has 2 aliphatic rings. The van der Waals surface area contributed by atoms with Gasteiger partial charge in [-0.1, -0.05) is 20.8 Å². The Morgan fingerprint density at radius 2 is 2.09 bits per heavy atom. The number of nitrogens with zero attached hydrogens (tertiary/aromatic N) is 1. The quantitative estimate of drug-likeness (QED) is 0.877. The highest BCUT2D eigenvalue weighted by Gasteiger charge is 2.61. The highest BCUT2D eigenvalue weighted by atomic mass is 16.6. The average Bonchev–Trinajstić information content (AvgIpc) is 2.91. The van der Waals surface area contributed by atoms with Crippen LogP contribution in [0.4, 0.5) is 4.79 Å². The Hall–Kier alpha value is -1.52. The molecule has 1 aromatic rings. The molecule has 2 bridgehead atoms. The molecule has 2 N–H and O–H groups in total. The van der Waals surface area contributed by atoms with Crippen LogP contribution in [0, 0.1) is 5.41 Å². The highest BCUT2D eigenvalue weighted by molar-refractivity contribution is 5.67. The molecule has 0 aliphatic heterocycles. The monoisotopic (exact) mass is 305 g/mol. The van der Waals surface area contributed by atoms with Crippen molar-refractivity contribution in [3.8, 4) is 0 Å². The number of hydrogen-bond acceptors (Lipinski definition) is 3. The first-order valence-corrected chi connectivity index (χ1v) is 8.11. The van der Waals surface area contributed by atoms with Gasteiger partial charge in [-0.3, -0.25) is 0 Å². The molecule has 3 rings (SSSR count). The fraction of sp³-hybridized carbons (Fsp3) is 0.765. The van der Waals surface area contributed by atoms with Gasteiger partial charge in [0.2, 0.25) is 0 Å². The van der Waals surface area contributed by atoms with Crippen LogP contribution in [-0.4, -0.2) is 21.7 Å². The van der Waals surface area contributed by atoms with Crippen molar-refractivity contribution >= 4 is 6.09 Å². The first kappa shape index (κ1) is 15.4. The molecule has 0 saturated heterocycles. The van der Waals surface area contributed by atoms with Gasteiger partial charge in [-0.15, -0.1) is 0 Å². The third-order valence-corrected chi connectivity index (χ3v) is 5.68. The van der Waals surface area contributed by atoms with Crippen LogP contribution in [0.2, 0.25) is 0 Å². The lowest BCUT2D eigenvalue weighted by Crippen LogP contribution is -2.33. The molecular weight excluding hydrogens is 278 g/mol. The van der Waals surface area contributed by atoms with Crippen molar-refractivity contribution in [2.24, 2.45) is 5.41 Å². The molecule has 2 aliphatic carbocycles. The van der Waals surface area contributed by atoms with E-state index in [9.17, 15) is 4.79 Å². The second-order valence-corrected chi connectivity index (χ2v) is 8.45. The molecule has 0 spiro atoms. The lowest BCUT2D eigenvalue weighted by molar-refractivity contribution is 0.0522. The van der Waals surface area contributed by atoms with Crippen molar-refractivity contribution in [2.75, 3.05) is 0 Å². The van der Waals surface area contributed by atoms with E-state index in [-0.39, 0.29) is 10.8 Å². The number of carbonyl (C=O) groups excluding carboxylic acids is 1. The smallest absolute Gasteiger partial charge is 0.408 e. The van der Waals surface area contributed by atoms with E-state index in [0.29, 0.717) is 12.5 Å². The zero-order valence-electron chi connectivity index (χ0n) is 14.5. The summed E-state index contributed by atoms with van der Waals surface area (Å²) in [4.78, 5) is 20.0. The Labute approximate surface area is 132 Å². The largest absolute Gasteiger partial charge is 0.444 e.